The van der Waals surface area contributed by atoms with Gasteiger partial charge in [0.15, 0.2) is 11.6 Å². The molecular weight excluding hydrogens is 487 g/mol. The number of benzene rings is 1. The van der Waals surface area contributed by atoms with E-state index in [9.17, 15) is 9.18 Å². The Morgan fingerprint density at radius 3 is 2.94 bits per heavy atom. The molecule has 11 heteroatoms. The molecule has 0 aliphatic carbocycles. The van der Waals surface area contributed by atoms with Gasteiger partial charge < -0.3 is 25.4 Å². The second kappa shape index (κ2) is 10.7. The molecule has 5 rings (SSSR count). The van der Waals surface area contributed by atoms with Crippen LogP contribution in [0.5, 0.6) is 5.75 Å². The van der Waals surface area contributed by atoms with Gasteiger partial charge in [0.05, 0.1) is 48.4 Å². The van der Waals surface area contributed by atoms with Crippen molar-refractivity contribution in [1.82, 2.24) is 20.2 Å². The van der Waals surface area contributed by atoms with E-state index in [1.54, 1.807) is 18.3 Å². The first-order valence-corrected chi connectivity index (χ1v) is 12.0. The summed E-state index contributed by atoms with van der Waals surface area (Å²) in [5.74, 6) is 0.257. The van der Waals surface area contributed by atoms with Crippen LogP contribution in [0.15, 0.2) is 42.7 Å². The normalized spacial score (nSPS) is 14.9. The van der Waals surface area contributed by atoms with Gasteiger partial charge in [-0.05, 0) is 37.4 Å². The number of ether oxygens (including phenoxy) is 2. The smallest absolute Gasteiger partial charge is 0.255 e. The molecule has 1 aromatic carbocycles. The van der Waals surface area contributed by atoms with Gasteiger partial charge in [-0.2, -0.15) is 0 Å². The van der Waals surface area contributed by atoms with Gasteiger partial charge in [0.25, 0.3) is 5.91 Å². The predicted octanol–water partition coefficient (Wildman–Crippen LogP) is 3.54. The summed E-state index contributed by atoms with van der Waals surface area (Å²) < 4.78 is 25.7. The number of rotatable bonds is 8. The van der Waals surface area contributed by atoms with Crippen LogP contribution in [0.4, 0.5) is 21.6 Å². The minimum atomic E-state index is -0.447. The molecule has 36 heavy (non-hydrogen) atoms. The maximum absolute atomic E-state index is 14.6. The van der Waals surface area contributed by atoms with Crippen LogP contribution >= 0.6 is 11.6 Å². The Bertz CT molecular complexity index is 1270. The molecular formula is C25H26ClFN6O3. The Kier molecular flexibility index (Phi) is 7.17. The highest BCUT2D eigenvalue weighted by molar-refractivity contribution is 6.30. The standard InChI is InChI=1S/C25H26ClFN6O3/c1-33(16-13-35-14-16)8-6-30-25(34)18-12-28-5-4-20(18)31-22-11-21(17-10-15(26)2-3-19(17)27)32-24-23(22)36-9-7-29-24/h2-5,10-12,16H,6-9,13-14H2,1H3,(H,30,34)(H2,28,29,31,32). The van der Waals surface area contributed by atoms with Gasteiger partial charge in [-0.3, -0.25) is 14.7 Å². The minimum Gasteiger partial charge on any atom is -0.486 e. The zero-order valence-corrected chi connectivity index (χ0v) is 20.4. The van der Waals surface area contributed by atoms with Crippen LogP contribution in [0.3, 0.4) is 0 Å². The molecule has 0 radical (unpaired) electrons. The van der Waals surface area contributed by atoms with Gasteiger partial charge in [-0.15, -0.1) is 0 Å². The third-order valence-electron chi connectivity index (χ3n) is 6.15. The van der Waals surface area contributed by atoms with Crippen LogP contribution in [-0.2, 0) is 4.74 Å². The van der Waals surface area contributed by atoms with Crippen molar-refractivity contribution in [3.8, 4) is 17.0 Å². The highest BCUT2D eigenvalue weighted by atomic mass is 35.5. The summed E-state index contributed by atoms with van der Waals surface area (Å²) in [5, 5.41) is 9.81. The predicted molar refractivity (Wildman–Crippen MR) is 136 cm³/mol. The molecule has 9 nitrogen and oxygen atoms in total. The molecule has 4 heterocycles. The number of carbonyl (C=O) groups excluding carboxylic acids is 1. The number of amides is 1. The van der Waals surface area contributed by atoms with Crippen molar-refractivity contribution in [3.05, 3.63) is 59.1 Å². The molecule has 0 unspecified atom stereocenters. The van der Waals surface area contributed by atoms with E-state index in [4.69, 9.17) is 21.1 Å². The van der Waals surface area contributed by atoms with Gasteiger partial charge in [0.2, 0.25) is 0 Å². The van der Waals surface area contributed by atoms with Crippen molar-refractivity contribution < 1.29 is 18.7 Å². The zero-order valence-electron chi connectivity index (χ0n) is 19.7. The average molecular weight is 513 g/mol. The van der Waals surface area contributed by atoms with Crippen molar-refractivity contribution in [2.75, 3.05) is 57.1 Å². The number of hydrogen-bond donors (Lipinski definition) is 3. The maximum atomic E-state index is 14.6. The fourth-order valence-corrected chi connectivity index (χ4v) is 4.15. The number of aromatic nitrogens is 2. The number of carbonyl (C=O) groups is 1. The number of anilines is 3. The molecule has 1 saturated heterocycles. The summed E-state index contributed by atoms with van der Waals surface area (Å²) in [5.41, 5.74) is 2.07. The van der Waals surface area contributed by atoms with E-state index in [1.165, 1.54) is 24.4 Å². The van der Waals surface area contributed by atoms with Crippen molar-refractivity contribution in [2.45, 2.75) is 6.04 Å². The summed E-state index contributed by atoms with van der Waals surface area (Å²) in [6, 6.07) is 8.09. The highest BCUT2D eigenvalue weighted by Gasteiger charge is 2.24. The second-order valence-corrected chi connectivity index (χ2v) is 9.04. The van der Waals surface area contributed by atoms with E-state index in [-0.39, 0.29) is 11.5 Å². The minimum absolute atomic E-state index is 0.257. The summed E-state index contributed by atoms with van der Waals surface area (Å²) in [6.07, 6.45) is 3.10. The average Bonchev–Trinajstić information content (AvgIpc) is 2.84. The first kappa shape index (κ1) is 24.2. The molecule has 2 aliphatic rings. The van der Waals surface area contributed by atoms with Crippen molar-refractivity contribution in [3.63, 3.8) is 0 Å². The Morgan fingerprint density at radius 2 is 2.14 bits per heavy atom. The highest BCUT2D eigenvalue weighted by Crippen LogP contribution is 2.40. The first-order chi connectivity index (χ1) is 17.5. The van der Waals surface area contributed by atoms with Crippen molar-refractivity contribution >= 4 is 34.7 Å². The van der Waals surface area contributed by atoms with Crippen LogP contribution in [0, 0.1) is 5.82 Å². The number of nitrogens with one attached hydrogen (secondary N) is 3. The van der Waals surface area contributed by atoms with E-state index in [0.29, 0.717) is 71.5 Å². The summed E-state index contributed by atoms with van der Waals surface area (Å²) in [4.78, 5) is 23.8. The lowest BCUT2D eigenvalue weighted by Crippen LogP contribution is -2.49. The van der Waals surface area contributed by atoms with Crippen LogP contribution in [0.2, 0.25) is 5.02 Å². The third-order valence-corrected chi connectivity index (χ3v) is 6.38. The molecule has 2 aromatic heterocycles. The molecule has 3 N–H and O–H groups in total. The van der Waals surface area contributed by atoms with E-state index >= 15 is 0 Å². The Balaban J connectivity index is 1.40. The van der Waals surface area contributed by atoms with Gasteiger partial charge in [-0.1, -0.05) is 11.6 Å². The van der Waals surface area contributed by atoms with Gasteiger partial charge in [0, 0.05) is 36.1 Å². The van der Waals surface area contributed by atoms with Gasteiger partial charge >= 0.3 is 0 Å². The lowest BCUT2D eigenvalue weighted by molar-refractivity contribution is -0.0552. The Hall–Kier alpha value is -3.47. The lowest BCUT2D eigenvalue weighted by Gasteiger charge is -2.34. The number of pyridine rings is 2. The summed E-state index contributed by atoms with van der Waals surface area (Å²) in [7, 11) is 2.01. The fraction of sp³-hybridized carbons (Fsp3) is 0.320. The quantitative estimate of drug-likeness (QED) is 0.421. The number of likely N-dealkylation sites (N-methyl/N-ethyl adjacent to an activating group) is 1. The maximum Gasteiger partial charge on any atom is 0.255 e. The van der Waals surface area contributed by atoms with Gasteiger partial charge in [-0.25, -0.2) is 9.37 Å². The molecule has 0 bridgehead atoms. The number of fused-ring (bicyclic) bond motifs is 1. The van der Waals surface area contributed by atoms with E-state index in [2.05, 4.69) is 30.8 Å². The van der Waals surface area contributed by atoms with E-state index in [0.717, 1.165) is 13.2 Å². The third kappa shape index (κ3) is 5.20. The summed E-state index contributed by atoms with van der Waals surface area (Å²) >= 11 is 6.11. The second-order valence-electron chi connectivity index (χ2n) is 8.61. The first-order valence-electron chi connectivity index (χ1n) is 11.6. The summed E-state index contributed by atoms with van der Waals surface area (Å²) in [6.45, 7) is 3.62. The fourth-order valence-electron chi connectivity index (χ4n) is 3.98. The lowest BCUT2D eigenvalue weighted by atomic mass is 10.1. The molecule has 1 fully saturated rings. The molecule has 0 atom stereocenters. The Morgan fingerprint density at radius 1 is 1.28 bits per heavy atom. The molecule has 188 valence electrons. The van der Waals surface area contributed by atoms with Crippen molar-refractivity contribution in [1.29, 1.82) is 0 Å². The monoisotopic (exact) mass is 512 g/mol. The zero-order chi connectivity index (χ0) is 25.1. The number of nitrogens with zero attached hydrogens (tertiary/aromatic N) is 3. The largest absolute Gasteiger partial charge is 0.486 e. The number of hydrogen-bond acceptors (Lipinski definition) is 8. The van der Waals surface area contributed by atoms with Crippen LogP contribution < -0.4 is 20.7 Å². The van der Waals surface area contributed by atoms with E-state index < -0.39 is 5.82 Å². The molecule has 3 aromatic rings. The number of halogens is 2. The topological polar surface area (TPSA) is 101 Å². The van der Waals surface area contributed by atoms with Crippen molar-refractivity contribution in [2.24, 2.45) is 0 Å². The Labute approximate surface area is 213 Å². The molecule has 0 saturated carbocycles. The van der Waals surface area contributed by atoms with Crippen LogP contribution in [0.1, 0.15) is 10.4 Å². The van der Waals surface area contributed by atoms with Crippen LogP contribution in [-0.4, -0.2) is 73.3 Å². The van der Waals surface area contributed by atoms with Crippen LogP contribution in [0.25, 0.3) is 11.3 Å². The van der Waals surface area contributed by atoms with E-state index in [1.807, 2.05) is 7.05 Å². The molecule has 1 amide bonds. The SMILES string of the molecule is CN(CCNC(=O)c1cnccc1Nc1cc(-c2cc(Cl)ccc2F)nc2c1OCCN2)C1COC1. The van der Waals surface area contributed by atoms with Gasteiger partial charge in [0.1, 0.15) is 12.4 Å². The molecule has 0 spiro atoms. The molecule has 2 aliphatic heterocycles.